The summed E-state index contributed by atoms with van der Waals surface area (Å²) in [5.74, 6) is -0.0879. The van der Waals surface area contributed by atoms with E-state index in [0.29, 0.717) is 13.1 Å². The molecule has 2 aromatic carbocycles. The molecule has 0 aliphatic heterocycles. The van der Waals surface area contributed by atoms with Gasteiger partial charge in [-0.05, 0) is 31.5 Å². The van der Waals surface area contributed by atoms with Crippen LogP contribution in [0.25, 0.3) is 0 Å². The Morgan fingerprint density at radius 3 is 2.00 bits per heavy atom. The van der Waals surface area contributed by atoms with Crippen LogP contribution in [0.1, 0.15) is 23.6 Å². The first-order chi connectivity index (χ1) is 11.8. The van der Waals surface area contributed by atoms with Crippen molar-refractivity contribution < 1.29 is 13.2 Å². The van der Waals surface area contributed by atoms with Gasteiger partial charge in [-0.3, -0.25) is 4.79 Å². The minimum atomic E-state index is -3.56. The van der Waals surface area contributed by atoms with Crippen molar-refractivity contribution in [2.75, 3.05) is 13.1 Å². The van der Waals surface area contributed by atoms with E-state index in [4.69, 9.17) is 0 Å². The highest BCUT2D eigenvalue weighted by molar-refractivity contribution is 7.89. The van der Waals surface area contributed by atoms with E-state index in [1.807, 2.05) is 38.1 Å². The van der Waals surface area contributed by atoms with Crippen LogP contribution in [0.15, 0.2) is 53.4 Å². The van der Waals surface area contributed by atoms with Crippen molar-refractivity contribution in [2.45, 2.75) is 32.2 Å². The van der Waals surface area contributed by atoms with E-state index < -0.39 is 10.0 Å². The highest BCUT2D eigenvalue weighted by Crippen LogP contribution is 2.10. The minimum Gasteiger partial charge on any atom is -0.337 e. The number of amides is 1. The number of nitrogens with one attached hydrogen (secondary N) is 1. The van der Waals surface area contributed by atoms with Crippen molar-refractivity contribution in [3.8, 4) is 0 Å². The summed E-state index contributed by atoms with van der Waals surface area (Å²) in [6.45, 7) is 6.34. The molecular formula is C19H24N2O3S. The van der Waals surface area contributed by atoms with Gasteiger partial charge in [0.15, 0.2) is 0 Å². The zero-order chi connectivity index (χ0) is 18.4. The summed E-state index contributed by atoms with van der Waals surface area (Å²) in [4.78, 5) is 13.7. The topological polar surface area (TPSA) is 66.5 Å². The van der Waals surface area contributed by atoms with Gasteiger partial charge in [-0.2, -0.15) is 0 Å². The van der Waals surface area contributed by atoms with Crippen molar-refractivity contribution in [2.24, 2.45) is 0 Å². The molecule has 0 atom stereocenters. The first-order valence-corrected chi connectivity index (χ1v) is 9.63. The Hall–Kier alpha value is -2.18. The molecule has 5 nitrogen and oxygen atoms in total. The maximum absolute atomic E-state index is 12.3. The number of carbonyl (C=O) groups is 1. The predicted molar refractivity (Wildman–Crippen MR) is 98.6 cm³/mol. The smallest absolute Gasteiger partial charge is 0.240 e. The third-order valence-electron chi connectivity index (χ3n) is 3.94. The third kappa shape index (κ3) is 5.69. The molecule has 0 fully saturated rings. The Balaban J connectivity index is 1.95. The molecule has 25 heavy (non-hydrogen) atoms. The lowest BCUT2D eigenvalue weighted by molar-refractivity contribution is -0.129. The largest absolute Gasteiger partial charge is 0.337 e. The van der Waals surface area contributed by atoms with Crippen molar-refractivity contribution in [1.82, 2.24) is 9.62 Å². The highest BCUT2D eigenvalue weighted by Gasteiger charge is 2.15. The van der Waals surface area contributed by atoms with E-state index >= 15 is 0 Å². The summed E-state index contributed by atoms with van der Waals surface area (Å²) in [6.07, 6.45) is 0. The monoisotopic (exact) mass is 360 g/mol. The predicted octanol–water partition coefficient (Wildman–Crippen LogP) is 2.63. The molecule has 6 heteroatoms. The Morgan fingerprint density at radius 2 is 1.48 bits per heavy atom. The molecule has 0 saturated carbocycles. The van der Waals surface area contributed by atoms with Crippen LogP contribution in [-0.4, -0.2) is 32.3 Å². The van der Waals surface area contributed by atoms with Crippen LogP contribution in [0.2, 0.25) is 0 Å². The number of hydrogen-bond donors (Lipinski definition) is 1. The fourth-order valence-electron chi connectivity index (χ4n) is 2.38. The van der Waals surface area contributed by atoms with Gasteiger partial charge in [-0.1, -0.05) is 47.5 Å². The SMILES string of the molecule is CC(=O)N(CCNS(=O)(=O)c1ccc(C)cc1)Cc1ccc(C)cc1. The van der Waals surface area contributed by atoms with E-state index in [1.54, 1.807) is 29.2 Å². The fraction of sp³-hybridized carbons (Fsp3) is 0.316. The summed E-state index contributed by atoms with van der Waals surface area (Å²) in [7, 11) is -3.56. The molecule has 0 aliphatic carbocycles. The van der Waals surface area contributed by atoms with Crippen LogP contribution in [0.5, 0.6) is 0 Å². The maximum Gasteiger partial charge on any atom is 0.240 e. The summed E-state index contributed by atoms with van der Waals surface area (Å²) < 4.78 is 27.1. The van der Waals surface area contributed by atoms with Gasteiger partial charge in [0.1, 0.15) is 0 Å². The second kappa shape index (κ2) is 8.27. The average Bonchev–Trinajstić information content (AvgIpc) is 2.56. The minimum absolute atomic E-state index is 0.0879. The number of rotatable bonds is 7. The van der Waals surface area contributed by atoms with Gasteiger partial charge >= 0.3 is 0 Å². The van der Waals surface area contributed by atoms with E-state index in [0.717, 1.165) is 16.7 Å². The zero-order valence-electron chi connectivity index (χ0n) is 14.8. The Morgan fingerprint density at radius 1 is 0.960 bits per heavy atom. The molecule has 0 aromatic heterocycles. The molecule has 1 N–H and O–H groups in total. The second-order valence-electron chi connectivity index (χ2n) is 6.14. The summed E-state index contributed by atoms with van der Waals surface area (Å²) >= 11 is 0. The van der Waals surface area contributed by atoms with Gasteiger partial charge in [-0.15, -0.1) is 0 Å². The molecule has 134 valence electrons. The van der Waals surface area contributed by atoms with E-state index in [2.05, 4.69) is 4.72 Å². The number of aryl methyl sites for hydroxylation is 2. The van der Waals surface area contributed by atoms with Crippen LogP contribution >= 0.6 is 0 Å². The van der Waals surface area contributed by atoms with Gasteiger partial charge in [0, 0.05) is 26.6 Å². The number of carbonyl (C=O) groups excluding carboxylic acids is 1. The fourth-order valence-corrected chi connectivity index (χ4v) is 3.40. The summed E-state index contributed by atoms with van der Waals surface area (Å²) in [5, 5.41) is 0. The standard InChI is InChI=1S/C19H24N2O3S/c1-15-4-8-18(9-5-15)14-21(17(3)22)13-12-20-25(23,24)19-10-6-16(2)7-11-19/h4-11,20H,12-14H2,1-3H3. The number of nitrogens with zero attached hydrogens (tertiary/aromatic N) is 1. The Labute approximate surface area is 149 Å². The van der Waals surface area contributed by atoms with Gasteiger partial charge in [0.25, 0.3) is 0 Å². The van der Waals surface area contributed by atoms with Gasteiger partial charge in [0.2, 0.25) is 15.9 Å². The lowest BCUT2D eigenvalue weighted by Crippen LogP contribution is -2.37. The maximum atomic E-state index is 12.3. The van der Waals surface area contributed by atoms with Crippen LogP contribution < -0.4 is 4.72 Å². The molecular weight excluding hydrogens is 336 g/mol. The van der Waals surface area contributed by atoms with Crippen LogP contribution in [-0.2, 0) is 21.4 Å². The lowest BCUT2D eigenvalue weighted by atomic mass is 10.1. The molecule has 0 saturated heterocycles. The molecule has 0 spiro atoms. The molecule has 0 radical (unpaired) electrons. The molecule has 0 heterocycles. The summed E-state index contributed by atoms with van der Waals surface area (Å²) in [5.41, 5.74) is 3.17. The van der Waals surface area contributed by atoms with Crippen molar-refractivity contribution in [3.05, 3.63) is 65.2 Å². The van der Waals surface area contributed by atoms with Gasteiger partial charge in [-0.25, -0.2) is 13.1 Å². The number of benzene rings is 2. The molecule has 1 amide bonds. The highest BCUT2D eigenvalue weighted by atomic mass is 32.2. The number of hydrogen-bond acceptors (Lipinski definition) is 3. The lowest BCUT2D eigenvalue weighted by Gasteiger charge is -2.21. The molecule has 2 rings (SSSR count). The molecule has 0 unspecified atom stereocenters. The first kappa shape index (κ1) is 19.1. The zero-order valence-corrected chi connectivity index (χ0v) is 15.6. The quantitative estimate of drug-likeness (QED) is 0.825. The first-order valence-electron chi connectivity index (χ1n) is 8.15. The van der Waals surface area contributed by atoms with E-state index in [9.17, 15) is 13.2 Å². The van der Waals surface area contributed by atoms with Crippen LogP contribution in [0, 0.1) is 13.8 Å². The van der Waals surface area contributed by atoms with Crippen molar-refractivity contribution >= 4 is 15.9 Å². The number of sulfonamides is 1. The normalized spacial score (nSPS) is 11.3. The molecule has 0 aliphatic rings. The van der Waals surface area contributed by atoms with Crippen LogP contribution in [0.4, 0.5) is 0 Å². The van der Waals surface area contributed by atoms with Gasteiger partial charge in [0.05, 0.1) is 4.90 Å². The van der Waals surface area contributed by atoms with E-state index in [1.165, 1.54) is 6.92 Å². The second-order valence-corrected chi connectivity index (χ2v) is 7.90. The van der Waals surface area contributed by atoms with E-state index in [-0.39, 0.29) is 17.3 Å². The van der Waals surface area contributed by atoms with Gasteiger partial charge < -0.3 is 4.90 Å². The third-order valence-corrected chi connectivity index (χ3v) is 5.42. The molecule has 2 aromatic rings. The Bertz CT molecular complexity index is 813. The van der Waals surface area contributed by atoms with Crippen molar-refractivity contribution in [3.63, 3.8) is 0 Å². The summed E-state index contributed by atoms with van der Waals surface area (Å²) in [6, 6.07) is 14.6. The van der Waals surface area contributed by atoms with Crippen LogP contribution in [0.3, 0.4) is 0 Å². The molecule has 0 bridgehead atoms. The van der Waals surface area contributed by atoms with Crippen molar-refractivity contribution in [1.29, 1.82) is 0 Å². The Kier molecular flexibility index (Phi) is 6.33. The average molecular weight is 360 g/mol.